The molecule has 1 heterocycles. The highest BCUT2D eigenvalue weighted by molar-refractivity contribution is 6.30. The van der Waals surface area contributed by atoms with Crippen LogP contribution in [0.1, 0.15) is 12.8 Å². The van der Waals surface area contributed by atoms with Crippen LogP contribution in [0.3, 0.4) is 0 Å². The Hall–Kier alpha value is -1.30. The van der Waals surface area contributed by atoms with Crippen LogP contribution in [0, 0.1) is 5.92 Å². The number of ether oxygens (including phenoxy) is 2. The number of anilines is 1. The smallest absolute Gasteiger partial charge is 0.321 e. The van der Waals surface area contributed by atoms with Crippen molar-refractivity contribution in [2.24, 2.45) is 5.92 Å². The van der Waals surface area contributed by atoms with E-state index in [1.807, 2.05) is 4.90 Å². The van der Waals surface area contributed by atoms with Gasteiger partial charge in [-0.05, 0) is 43.0 Å². The molecule has 0 aromatic heterocycles. The van der Waals surface area contributed by atoms with Gasteiger partial charge in [0.05, 0.1) is 13.2 Å². The van der Waals surface area contributed by atoms with Crippen molar-refractivity contribution in [3.63, 3.8) is 0 Å². The number of urea groups is 1. The van der Waals surface area contributed by atoms with E-state index in [9.17, 15) is 4.79 Å². The molecular formula is C16H23ClN2O3. The Morgan fingerprint density at radius 1 is 1.27 bits per heavy atom. The van der Waals surface area contributed by atoms with E-state index in [0.717, 1.165) is 38.2 Å². The van der Waals surface area contributed by atoms with Crippen molar-refractivity contribution in [2.45, 2.75) is 12.8 Å². The fourth-order valence-electron chi connectivity index (χ4n) is 2.43. The summed E-state index contributed by atoms with van der Waals surface area (Å²) in [6.07, 6.45) is 1.95. The third-order valence-corrected chi connectivity index (χ3v) is 4.03. The fourth-order valence-corrected chi connectivity index (χ4v) is 2.56. The van der Waals surface area contributed by atoms with Gasteiger partial charge in [-0.2, -0.15) is 0 Å². The first-order valence-electron chi connectivity index (χ1n) is 7.57. The molecule has 0 bridgehead atoms. The summed E-state index contributed by atoms with van der Waals surface area (Å²) in [5.41, 5.74) is 0.763. The van der Waals surface area contributed by atoms with Crippen molar-refractivity contribution in [3.8, 4) is 0 Å². The number of halogens is 1. The number of carbonyl (C=O) groups excluding carboxylic acids is 1. The van der Waals surface area contributed by atoms with Gasteiger partial charge in [0.25, 0.3) is 0 Å². The molecule has 2 rings (SSSR count). The van der Waals surface area contributed by atoms with Crippen LogP contribution in [0.5, 0.6) is 0 Å². The van der Waals surface area contributed by atoms with Crippen LogP contribution in [0.25, 0.3) is 0 Å². The van der Waals surface area contributed by atoms with Gasteiger partial charge >= 0.3 is 6.03 Å². The van der Waals surface area contributed by atoms with E-state index in [1.165, 1.54) is 0 Å². The first kappa shape index (κ1) is 17.1. The van der Waals surface area contributed by atoms with Crippen molar-refractivity contribution in [1.29, 1.82) is 0 Å². The van der Waals surface area contributed by atoms with Crippen LogP contribution in [0.4, 0.5) is 10.5 Å². The molecule has 6 heteroatoms. The zero-order valence-electron chi connectivity index (χ0n) is 12.9. The van der Waals surface area contributed by atoms with Gasteiger partial charge in [0, 0.05) is 37.5 Å². The molecule has 1 aromatic carbocycles. The number of benzene rings is 1. The minimum atomic E-state index is -0.0546. The van der Waals surface area contributed by atoms with Gasteiger partial charge in [-0.3, -0.25) is 0 Å². The average Bonchev–Trinajstić information content (AvgIpc) is 2.54. The van der Waals surface area contributed by atoms with Gasteiger partial charge in [-0.1, -0.05) is 11.6 Å². The summed E-state index contributed by atoms with van der Waals surface area (Å²) in [6.45, 7) is 3.53. The molecule has 0 spiro atoms. The first-order chi connectivity index (χ1) is 10.7. The quantitative estimate of drug-likeness (QED) is 0.816. The van der Waals surface area contributed by atoms with Gasteiger partial charge in [-0.25, -0.2) is 4.79 Å². The van der Waals surface area contributed by atoms with E-state index in [0.29, 0.717) is 24.2 Å². The number of likely N-dealkylation sites (tertiary alicyclic amines) is 1. The minimum absolute atomic E-state index is 0.0546. The molecular weight excluding hydrogens is 304 g/mol. The molecule has 0 aliphatic carbocycles. The highest BCUT2D eigenvalue weighted by atomic mass is 35.5. The number of rotatable bonds is 6. The summed E-state index contributed by atoms with van der Waals surface area (Å²) < 4.78 is 10.5. The maximum Gasteiger partial charge on any atom is 0.321 e. The van der Waals surface area contributed by atoms with Crippen LogP contribution in [0.15, 0.2) is 24.3 Å². The van der Waals surface area contributed by atoms with Crippen LogP contribution >= 0.6 is 11.6 Å². The summed E-state index contributed by atoms with van der Waals surface area (Å²) >= 11 is 5.83. The maximum absolute atomic E-state index is 12.2. The molecule has 5 nitrogen and oxygen atoms in total. The highest BCUT2D eigenvalue weighted by Gasteiger charge is 2.22. The minimum Gasteiger partial charge on any atom is -0.382 e. The van der Waals surface area contributed by atoms with E-state index in [-0.39, 0.29) is 6.03 Å². The normalized spacial score (nSPS) is 15.8. The molecule has 1 aliphatic rings. The standard InChI is InChI=1S/C16H23ClN2O3/c1-21-10-11-22-12-13-6-8-19(9-7-13)16(20)18-15-4-2-14(17)3-5-15/h2-5,13H,6-12H2,1H3,(H,18,20). The van der Waals surface area contributed by atoms with Crippen molar-refractivity contribution in [2.75, 3.05) is 45.3 Å². The van der Waals surface area contributed by atoms with Gasteiger partial charge in [-0.15, -0.1) is 0 Å². The molecule has 1 fully saturated rings. The van der Waals surface area contributed by atoms with Crippen molar-refractivity contribution >= 4 is 23.3 Å². The van der Waals surface area contributed by atoms with Crippen molar-refractivity contribution < 1.29 is 14.3 Å². The Bertz CT molecular complexity index is 459. The summed E-state index contributed by atoms with van der Waals surface area (Å²) in [5.74, 6) is 0.524. The Kier molecular flexibility index (Phi) is 6.96. The molecule has 1 aromatic rings. The largest absolute Gasteiger partial charge is 0.382 e. The number of hydrogen-bond acceptors (Lipinski definition) is 3. The molecule has 1 N–H and O–H groups in total. The Balaban J connectivity index is 1.69. The third-order valence-electron chi connectivity index (χ3n) is 3.78. The van der Waals surface area contributed by atoms with E-state index in [1.54, 1.807) is 31.4 Å². The predicted octanol–water partition coefficient (Wildman–Crippen LogP) is 3.25. The molecule has 22 heavy (non-hydrogen) atoms. The van der Waals surface area contributed by atoms with Gasteiger partial charge in [0.2, 0.25) is 0 Å². The number of amides is 2. The van der Waals surface area contributed by atoms with Crippen LogP contribution in [-0.2, 0) is 9.47 Å². The van der Waals surface area contributed by atoms with E-state index in [4.69, 9.17) is 21.1 Å². The van der Waals surface area contributed by atoms with Crippen molar-refractivity contribution in [3.05, 3.63) is 29.3 Å². The van der Waals surface area contributed by atoms with Gasteiger partial charge < -0.3 is 19.7 Å². The molecule has 2 amide bonds. The number of carbonyl (C=O) groups is 1. The number of hydrogen-bond donors (Lipinski definition) is 1. The molecule has 0 unspecified atom stereocenters. The van der Waals surface area contributed by atoms with Gasteiger partial charge in [0.15, 0.2) is 0 Å². The third kappa shape index (κ3) is 5.48. The number of piperidine rings is 1. The number of nitrogens with one attached hydrogen (secondary N) is 1. The van der Waals surface area contributed by atoms with Crippen LogP contribution in [0.2, 0.25) is 5.02 Å². The highest BCUT2D eigenvalue weighted by Crippen LogP contribution is 2.19. The van der Waals surface area contributed by atoms with Crippen LogP contribution in [-0.4, -0.2) is 51.0 Å². The maximum atomic E-state index is 12.2. The molecule has 122 valence electrons. The van der Waals surface area contributed by atoms with E-state index < -0.39 is 0 Å². The second kappa shape index (κ2) is 8.98. The monoisotopic (exact) mass is 326 g/mol. The summed E-state index contributed by atoms with van der Waals surface area (Å²) in [6, 6.07) is 7.08. The zero-order chi connectivity index (χ0) is 15.8. The number of nitrogens with zero attached hydrogens (tertiary/aromatic N) is 1. The second-order valence-corrected chi connectivity index (χ2v) is 5.87. The zero-order valence-corrected chi connectivity index (χ0v) is 13.6. The van der Waals surface area contributed by atoms with Crippen LogP contribution < -0.4 is 5.32 Å². The van der Waals surface area contributed by atoms with Gasteiger partial charge in [0.1, 0.15) is 0 Å². The number of methoxy groups -OCH3 is 1. The molecule has 0 atom stereocenters. The lowest BCUT2D eigenvalue weighted by molar-refractivity contribution is 0.0386. The molecule has 1 saturated heterocycles. The second-order valence-electron chi connectivity index (χ2n) is 5.44. The molecule has 0 radical (unpaired) electrons. The van der Waals surface area contributed by atoms with Crippen molar-refractivity contribution in [1.82, 2.24) is 4.90 Å². The predicted molar refractivity (Wildman–Crippen MR) is 87.5 cm³/mol. The summed E-state index contributed by atoms with van der Waals surface area (Å²) in [4.78, 5) is 14.0. The lowest BCUT2D eigenvalue weighted by atomic mass is 9.98. The first-order valence-corrected chi connectivity index (χ1v) is 7.95. The fraction of sp³-hybridized carbons (Fsp3) is 0.562. The lowest BCUT2D eigenvalue weighted by Crippen LogP contribution is -2.41. The topological polar surface area (TPSA) is 50.8 Å². The summed E-state index contributed by atoms with van der Waals surface area (Å²) in [7, 11) is 1.67. The molecule has 1 aliphatic heterocycles. The Morgan fingerprint density at radius 3 is 2.59 bits per heavy atom. The average molecular weight is 327 g/mol. The van der Waals surface area contributed by atoms with E-state index >= 15 is 0 Å². The Morgan fingerprint density at radius 2 is 1.95 bits per heavy atom. The molecule has 0 saturated carbocycles. The van der Waals surface area contributed by atoms with E-state index in [2.05, 4.69) is 5.32 Å². The summed E-state index contributed by atoms with van der Waals surface area (Å²) in [5, 5.41) is 3.55. The SMILES string of the molecule is COCCOCC1CCN(C(=O)Nc2ccc(Cl)cc2)CC1. The lowest BCUT2D eigenvalue weighted by Gasteiger charge is -2.31. The Labute approximate surface area is 136 Å².